The van der Waals surface area contributed by atoms with Crippen molar-refractivity contribution in [2.45, 2.75) is 25.0 Å². The molecule has 1 rings (SSSR count). The number of amides is 3. The first-order chi connectivity index (χ1) is 7.43. The summed E-state index contributed by atoms with van der Waals surface area (Å²) >= 11 is 0. The third-order valence-electron chi connectivity index (χ3n) is 2.43. The van der Waals surface area contributed by atoms with Gasteiger partial charge < -0.3 is 26.2 Å². The van der Waals surface area contributed by atoms with Gasteiger partial charge in [0.25, 0.3) is 0 Å². The van der Waals surface area contributed by atoms with E-state index in [1.54, 1.807) is 0 Å². The van der Waals surface area contributed by atoms with Crippen molar-refractivity contribution in [2.24, 2.45) is 5.73 Å². The van der Waals surface area contributed by atoms with E-state index in [2.05, 4.69) is 10.6 Å². The summed E-state index contributed by atoms with van der Waals surface area (Å²) in [6.45, 7) is 2.32. The molecule has 1 fully saturated rings. The van der Waals surface area contributed by atoms with Crippen LogP contribution in [-0.2, 0) is 9.53 Å². The number of hydrogen-bond acceptors (Lipinski definition) is 4. The highest BCUT2D eigenvalue weighted by atomic mass is 16.5. The van der Waals surface area contributed by atoms with Gasteiger partial charge in [-0.05, 0) is 6.92 Å². The molecule has 1 saturated heterocycles. The Morgan fingerprint density at radius 1 is 1.62 bits per heavy atom. The van der Waals surface area contributed by atoms with Crippen molar-refractivity contribution in [3.05, 3.63) is 0 Å². The quantitative estimate of drug-likeness (QED) is 0.462. The summed E-state index contributed by atoms with van der Waals surface area (Å²) in [7, 11) is 0. The molecule has 2 atom stereocenters. The van der Waals surface area contributed by atoms with Gasteiger partial charge >= 0.3 is 6.03 Å². The van der Waals surface area contributed by atoms with Crippen LogP contribution >= 0.6 is 0 Å². The summed E-state index contributed by atoms with van der Waals surface area (Å²) in [5.41, 5.74) is 3.88. The maximum Gasteiger partial charge on any atom is 0.312 e. The van der Waals surface area contributed by atoms with Crippen molar-refractivity contribution < 1.29 is 19.4 Å². The Kier molecular flexibility index (Phi) is 4.08. The number of carbonyl (C=O) groups is 2. The first-order valence-corrected chi connectivity index (χ1v) is 5.07. The zero-order valence-electron chi connectivity index (χ0n) is 9.16. The summed E-state index contributed by atoms with van der Waals surface area (Å²) in [6, 6.07) is -1.48. The van der Waals surface area contributed by atoms with E-state index < -0.39 is 17.7 Å². The molecular formula is C9H17N3O4. The molecule has 0 aromatic carbocycles. The molecule has 16 heavy (non-hydrogen) atoms. The Labute approximate surface area is 93.3 Å². The smallest absolute Gasteiger partial charge is 0.312 e. The number of rotatable bonds is 4. The highest BCUT2D eigenvalue weighted by Gasteiger charge is 2.32. The van der Waals surface area contributed by atoms with Crippen LogP contribution in [0, 0.1) is 0 Å². The molecule has 0 bridgehead atoms. The fourth-order valence-corrected chi connectivity index (χ4v) is 1.42. The normalized spacial score (nSPS) is 26.1. The van der Waals surface area contributed by atoms with Crippen molar-refractivity contribution >= 4 is 11.9 Å². The first kappa shape index (κ1) is 12.7. The third-order valence-corrected chi connectivity index (χ3v) is 2.43. The van der Waals surface area contributed by atoms with Crippen molar-refractivity contribution in [1.82, 2.24) is 10.6 Å². The van der Waals surface area contributed by atoms with Crippen molar-refractivity contribution in [2.75, 3.05) is 19.8 Å². The van der Waals surface area contributed by atoms with E-state index in [0.29, 0.717) is 13.0 Å². The van der Waals surface area contributed by atoms with Gasteiger partial charge in [0, 0.05) is 19.6 Å². The monoisotopic (exact) mass is 231 g/mol. The van der Waals surface area contributed by atoms with E-state index in [1.165, 1.54) is 6.92 Å². The Morgan fingerprint density at radius 3 is 2.81 bits per heavy atom. The second-order valence-electron chi connectivity index (χ2n) is 3.98. The summed E-state index contributed by atoms with van der Waals surface area (Å²) in [6.07, 6.45) is 0.491. The molecule has 7 nitrogen and oxygen atoms in total. The molecule has 3 amide bonds. The van der Waals surface area contributed by atoms with Crippen molar-refractivity contribution in [1.29, 1.82) is 0 Å². The maximum atomic E-state index is 11.4. The van der Waals surface area contributed by atoms with E-state index in [9.17, 15) is 14.7 Å². The zero-order valence-corrected chi connectivity index (χ0v) is 9.16. The second-order valence-corrected chi connectivity index (χ2v) is 3.98. The minimum absolute atomic E-state index is 0.108. The Balaban J connectivity index is 2.31. The summed E-state index contributed by atoms with van der Waals surface area (Å²) in [5.74, 6) is -0.390. The molecule has 0 aliphatic carbocycles. The van der Waals surface area contributed by atoms with Gasteiger partial charge in [0.15, 0.2) is 0 Å². The number of primary amides is 1. The molecular weight excluding hydrogens is 214 g/mol. The van der Waals surface area contributed by atoms with Crippen LogP contribution in [0.15, 0.2) is 0 Å². The van der Waals surface area contributed by atoms with Crippen LogP contribution in [0.1, 0.15) is 13.3 Å². The molecule has 0 aromatic rings. The average Bonchev–Trinajstić information content (AvgIpc) is 2.61. The number of carbonyl (C=O) groups excluding carboxylic acids is 2. The predicted molar refractivity (Wildman–Crippen MR) is 55.6 cm³/mol. The number of urea groups is 1. The van der Waals surface area contributed by atoms with Crippen LogP contribution < -0.4 is 16.4 Å². The van der Waals surface area contributed by atoms with Gasteiger partial charge in [-0.1, -0.05) is 0 Å². The Hall–Kier alpha value is -1.34. The Bertz CT molecular complexity index is 276. The van der Waals surface area contributed by atoms with Gasteiger partial charge in [0.05, 0.1) is 6.61 Å². The molecule has 0 spiro atoms. The fraction of sp³-hybridized carbons (Fsp3) is 0.778. The lowest BCUT2D eigenvalue weighted by molar-refractivity contribution is -0.123. The van der Waals surface area contributed by atoms with Crippen LogP contribution in [0.25, 0.3) is 0 Å². The van der Waals surface area contributed by atoms with E-state index >= 15 is 0 Å². The topological polar surface area (TPSA) is 114 Å². The molecule has 0 aromatic heterocycles. The summed E-state index contributed by atoms with van der Waals surface area (Å²) < 4.78 is 5.03. The van der Waals surface area contributed by atoms with Crippen LogP contribution in [0.3, 0.4) is 0 Å². The molecule has 0 saturated carbocycles. The number of ether oxygens (including phenoxy) is 1. The molecule has 7 heteroatoms. The minimum atomic E-state index is -0.998. The fourth-order valence-electron chi connectivity index (χ4n) is 1.42. The second kappa shape index (κ2) is 5.13. The summed E-state index contributed by atoms with van der Waals surface area (Å²) in [4.78, 5) is 21.9. The van der Waals surface area contributed by atoms with Gasteiger partial charge in [-0.15, -0.1) is 0 Å². The van der Waals surface area contributed by atoms with E-state index in [-0.39, 0.29) is 19.1 Å². The highest BCUT2D eigenvalue weighted by molar-refractivity contribution is 5.86. The SMILES string of the molecule is CC(NC(N)=O)C(=O)NCC1(O)CCOC1. The third kappa shape index (κ3) is 3.67. The zero-order chi connectivity index (χ0) is 12.2. The van der Waals surface area contributed by atoms with E-state index in [0.717, 1.165) is 0 Å². The van der Waals surface area contributed by atoms with Gasteiger partial charge in [-0.25, -0.2) is 4.79 Å². The Morgan fingerprint density at radius 2 is 2.31 bits per heavy atom. The van der Waals surface area contributed by atoms with Crippen LogP contribution in [0.2, 0.25) is 0 Å². The van der Waals surface area contributed by atoms with Crippen LogP contribution in [-0.4, -0.2) is 48.4 Å². The number of nitrogens with two attached hydrogens (primary N) is 1. The first-order valence-electron chi connectivity index (χ1n) is 5.07. The largest absolute Gasteiger partial charge is 0.386 e. The number of aliphatic hydroxyl groups is 1. The van der Waals surface area contributed by atoms with Crippen LogP contribution in [0.5, 0.6) is 0 Å². The molecule has 0 radical (unpaired) electrons. The predicted octanol–water partition coefficient (Wildman–Crippen LogP) is -1.69. The van der Waals surface area contributed by atoms with Gasteiger partial charge in [0.1, 0.15) is 11.6 Å². The number of hydrogen-bond donors (Lipinski definition) is 4. The highest BCUT2D eigenvalue weighted by Crippen LogP contribution is 2.16. The molecule has 1 aliphatic rings. The van der Waals surface area contributed by atoms with Gasteiger partial charge in [-0.3, -0.25) is 4.79 Å². The number of nitrogens with one attached hydrogen (secondary N) is 2. The molecule has 2 unspecified atom stereocenters. The lowest BCUT2D eigenvalue weighted by Crippen LogP contribution is -2.51. The molecule has 5 N–H and O–H groups in total. The van der Waals surface area contributed by atoms with Crippen molar-refractivity contribution in [3.8, 4) is 0 Å². The lowest BCUT2D eigenvalue weighted by atomic mass is 10.0. The van der Waals surface area contributed by atoms with Crippen molar-refractivity contribution in [3.63, 3.8) is 0 Å². The minimum Gasteiger partial charge on any atom is -0.386 e. The molecule has 1 aliphatic heterocycles. The van der Waals surface area contributed by atoms with E-state index in [1.807, 2.05) is 0 Å². The standard InChI is InChI=1S/C9H17N3O4/c1-6(12-8(10)14)7(13)11-4-9(15)2-3-16-5-9/h6,15H,2-5H2,1H3,(H,11,13)(H3,10,12,14). The summed E-state index contributed by atoms with van der Waals surface area (Å²) in [5, 5.41) is 14.6. The molecule has 92 valence electrons. The van der Waals surface area contributed by atoms with Gasteiger partial charge in [-0.2, -0.15) is 0 Å². The van der Waals surface area contributed by atoms with E-state index in [4.69, 9.17) is 10.5 Å². The van der Waals surface area contributed by atoms with Gasteiger partial charge in [0.2, 0.25) is 5.91 Å². The molecule has 1 heterocycles. The maximum absolute atomic E-state index is 11.4. The van der Waals surface area contributed by atoms with Crippen LogP contribution in [0.4, 0.5) is 4.79 Å². The average molecular weight is 231 g/mol. The lowest BCUT2D eigenvalue weighted by Gasteiger charge is -2.22.